The normalized spacial score (nSPS) is 11.4. The summed E-state index contributed by atoms with van der Waals surface area (Å²) in [6.07, 6.45) is 5.01. The van der Waals surface area contributed by atoms with Crippen LogP contribution in [0.15, 0.2) is 10.5 Å². The van der Waals surface area contributed by atoms with Gasteiger partial charge in [0.05, 0.1) is 13.2 Å². The first-order valence-corrected chi connectivity index (χ1v) is 8.00. The van der Waals surface area contributed by atoms with Gasteiger partial charge in [-0.3, -0.25) is 0 Å². The van der Waals surface area contributed by atoms with Gasteiger partial charge >= 0.3 is 0 Å². The molecule has 0 spiro atoms. The minimum absolute atomic E-state index is 0.664. The minimum atomic E-state index is 0.664. The van der Waals surface area contributed by atoms with E-state index in [2.05, 4.69) is 32.2 Å². The van der Waals surface area contributed by atoms with E-state index in [1.807, 2.05) is 6.92 Å². The molecule has 0 aliphatic carbocycles. The number of hydrogen-bond donors (Lipinski definition) is 1. The van der Waals surface area contributed by atoms with E-state index in [9.17, 15) is 0 Å². The lowest BCUT2D eigenvalue weighted by atomic mass is 10.2. The molecule has 0 saturated heterocycles. The van der Waals surface area contributed by atoms with Gasteiger partial charge in [-0.1, -0.05) is 40.0 Å². The van der Waals surface area contributed by atoms with Crippen LogP contribution in [0.2, 0.25) is 0 Å². The first-order chi connectivity index (χ1) is 9.63. The van der Waals surface area contributed by atoms with Crippen LogP contribution < -0.4 is 5.32 Å². The zero-order valence-corrected chi connectivity index (χ0v) is 13.6. The molecule has 20 heavy (non-hydrogen) atoms. The third-order valence-corrected chi connectivity index (χ3v) is 3.32. The Balaban J connectivity index is 2.23. The van der Waals surface area contributed by atoms with Crippen LogP contribution in [-0.2, 0) is 17.9 Å². The maximum absolute atomic E-state index is 5.75. The summed E-state index contributed by atoms with van der Waals surface area (Å²) in [5.74, 6) is 2.66. The fraction of sp³-hybridized carbons (Fsp3) is 0.765. The second-order valence-corrected chi connectivity index (χ2v) is 5.93. The van der Waals surface area contributed by atoms with Crippen molar-refractivity contribution in [3.8, 4) is 0 Å². The Morgan fingerprint density at radius 1 is 1.25 bits per heavy atom. The van der Waals surface area contributed by atoms with Crippen LogP contribution >= 0.6 is 0 Å². The van der Waals surface area contributed by atoms with Gasteiger partial charge in [0.15, 0.2) is 0 Å². The van der Waals surface area contributed by atoms with Gasteiger partial charge < -0.3 is 14.5 Å². The molecule has 0 fully saturated rings. The molecule has 0 aromatic carbocycles. The van der Waals surface area contributed by atoms with Crippen molar-refractivity contribution in [2.75, 3.05) is 13.2 Å². The predicted molar refractivity (Wildman–Crippen MR) is 83.8 cm³/mol. The van der Waals surface area contributed by atoms with Crippen molar-refractivity contribution in [2.45, 2.75) is 66.5 Å². The van der Waals surface area contributed by atoms with Crippen LogP contribution in [0.1, 0.15) is 63.5 Å². The predicted octanol–water partition coefficient (Wildman–Crippen LogP) is 4.43. The van der Waals surface area contributed by atoms with Gasteiger partial charge in [0.1, 0.15) is 11.5 Å². The summed E-state index contributed by atoms with van der Waals surface area (Å²) in [5.41, 5.74) is 1.18. The molecule has 1 heterocycles. The maximum atomic E-state index is 5.75. The lowest BCUT2D eigenvalue weighted by Crippen LogP contribution is -2.18. The molecule has 0 amide bonds. The smallest absolute Gasteiger partial charge is 0.118 e. The monoisotopic (exact) mass is 281 g/mol. The molecule has 0 unspecified atom stereocenters. The molecule has 0 radical (unpaired) electrons. The Kier molecular flexibility index (Phi) is 8.63. The van der Waals surface area contributed by atoms with Crippen LogP contribution in [0, 0.1) is 12.8 Å². The lowest BCUT2D eigenvalue weighted by molar-refractivity contribution is 0.116. The fourth-order valence-electron chi connectivity index (χ4n) is 2.12. The molecule has 0 aliphatic rings. The van der Waals surface area contributed by atoms with Crippen LogP contribution in [0.4, 0.5) is 0 Å². The second kappa shape index (κ2) is 10.0. The Labute approximate surface area is 124 Å². The van der Waals surface area contributed by atoms with E-state index < -0.39 is 0 Å². The molecule has 0 saturated carbocycles. The zero-order chi connectivity index (χ0) is 14.8. The van der Waals surface area contributed by atoms with Gasteiger partial charge in [-0.2, -0.15) is 0 Å². The largest absolute Gasteiger partial charge is 0.465 e. The summed E-state index contributed by atoms with van der Waals surface area (Å²) in [5, 5.41) is 3.40. The Bertz CT molecular complexity index is 358. The Hall–Kier alpha value is -0.800. The van der Waals surface area contributed by atoms with E-state index in [1.54, 1.807) is 0 Å². The van der Waals surface area contributed by atoms with E-state index >= 15 is 0 Å². The van der Waals surface area contributed by atoms with Gasteiger partial charge in [-0.05, 0) is 31.9 Å². The topological polar surface area (TPSA) is 34.4 Å². The number of furan rings is 1. The maximum Gasteiger partial charge on any atom is 0.118 e. The first kappa shape index (κ1) is 17.3. The Morgan fingerprint density at radius 2 is 2.05 bits per heavy atom. The van der Waals surface area contributed by atoms with Crippen molar-refractivity contribution in [3.05, 3.63) is 23.2 Å². The van der Waals surface area contributed by atoms with Crippen LogP contribution in [0.5, 0.6) is 0 Å². The molecule has 1 rings (SSSR count). The zero-order valence-electron chi connectivity index (χ0n) is 13.6. The summed E-state index contributed by atoms with van der Waals surface area (Å²) in [6, 6.07) is 2.12. The van der Waals surface area contributed by atoms with Crippen LogP contribution in [0.3, 0.4) is 0 Å². The standard InChI is InChI=1S/C17H31NO2/c1-5-6-7-8-9-19-13-16-10-17(20-15(16)4)12-18-11-14(2)3/h10,14,18H,5-9,11-13H2,1-4H3. The van der Waals surface area contributed by atoms with Gasteiger partial charge in [0.2, 0.25) is 0 Å². The molecule has 0 atom stereocenters. The lowest BCUT2D eigenvalue weighted by Gasteiger charge is -2.04. The number of ether oxygens (including phenoxy) is 1. The highest BCUT2D eigenvalue weighted by Crippen LogP contribution is 2.16. The first-order valence-electron chi connectivity index (χ1n) is 8.00. The molecule has 116 valence electrons. The van der Waals surface area contributed by atoms with Crippen molar-refractivity contribution >= 4 is 0 Å². The number of unbranched alkanes of at least 4 members (excludes halogenated alkanes) is 3. The average Bonchev–Trinajstić information content (AvgIpc) is 2.74. The van der Waals surface area contributed by atoms with E-state index in [-0.39, 0.29) is 0 Å². The summed E-state index contributed by atoms with van der Waals surface area (Å²) >= 11 is 0. The fourth-order valence-corrected chi connectivity index (χ4v) is 2.12. The van der Waals surface area contributed by atoms with Gasteiger partial charge in [0.25, 0.3) is 0 Å². The van der Waals surface area contributed by atoms with Crippen molar-refractivity contribution in [1.29, 1.82) is 0 Å². The van der Waals surface area contributed by atoms with E-state index in [1.165, 1.54) is 24.8 Å². The molecule has 1 N–H and O–H groups in total. The molecule has 0 aliphatic heterocycles. The van der Waals surface area contributed by atoms with E-state index in [0.717, 1.165) is 37.6 Å². The SMILES string of the molecule is CCCCCCOCc1cc(CNCC(C)C)oc1C. The number of nitrogens with one attached hydrogen (secondary N) is 1. The highest BCUT2D eigenvalue weighted by molar-refractivity contribution is 5.19. The molecule has 1 aromatic rings. The number of hydrogen-bond acceptors (Lipinski definition) is 3. The molecule has 3 nitrogen and oxygen atoms in total. The van der Waals surface area contributed by atoms with Gasteiger partial charge in [0, 0.05) is 12.2 Å². The molecular weight excluding hydrogens is 250 g/mol. The average molecular weight is 281 g/mol. The third kappa shape index (κ3) is 7.11. The van der Waals surface area contributed by atoms with E-state index in [0.29, 0.717) is 12.5 Å². The van der Waals surface area contributed by atoms with Crippen molar-refractivity contribution in [3.63, 3.8) is 0 Å². The summed E-state index contributed by atoms with van der Waals surface area (Å²) in [6.45, 7) is 12.0. The molecule has 0 bridgehead atoms. The minimum Gasteiger partial charge on any atom is -0.465 e. The highest BCUT2D eigenvalue weighted by Gasteiger charge is 2.07. The number of aryl methyl sites for hydroxylation is 1. The number of rotatable bonds is 11. The summed E-state index contributed by atoms with van der Waals surface area (Å²) in [4.78, 5) is 0. The second-order valence-electron chi connectivity index (χ2n) is 5.93. The molecule has 3 heteroatoms. The molecular formula is C17H31NO2. The van der Waals surface area contributed by atoms with Crippen molar-refractivity contribution in [2.24, 2.45) is 5.92 Å². The van der Waals surface area contributed by atoms with Crippen LogP contribution in [-0.4, -0.2) is 13.2 Å². The Morgan fingerprint density at radius 3 is 2.75 bits per heavy atom. The van der Waals surface area contributed by atoms with Crippen LogP contribution in [0.25, 0.3) is 0 Å². The van der Waals surface area contributed by atoms with Crippen molar-refractivity contribution in [1.82, 2.24) is 5.32 Å². The van der Waals surface area contributed by atoms with Crippen molar-refractivity contribution < 1.29 is 9.15 Å². The van der Waals surface area contributed by atoms with Gasteiger partial charge in [-0.25, -0.2) is 0 Å². The highest BCUT2D eigenvalue weighted by atomic mass is 16.5. The quantitative estimate of drug-likeness (QED) is 0.609. The van der Waals surface area contributed by atoms with E-state index in [4.69, 9.17) is 9.15 Å². The summed E-state index contributed by atoms with van der Waals surface area (Å²) in [7, 11) is 0. The third-order valence-electron chi connectivity index (χ3n) is 3.32. The van der Waals surface area contributed by atoms with Gasteiger partial charge in [-0.15, -0.1) is 0 Å². The molecule has 1 aromatic heterocycles. The summed E-state index contributed by atoms with van der Waals surface area (Å²) < 4.78 is 11.5.